The molecule has 0 unspecified atom stereocenters. The van der Waals surface area contributed by atoms with Crippen molar-refractivity contribution in [3.8, 4) is 11.6 Å². The van der Waals surface area contributed by atoms with E-state index in [0.29, 0.717) is 12.4 Å². The van der Waals surface area contributed by atoms with E-state index in [9.17, 15) is 0 Å². The predicted molar refractivity (Wildman–Crippen MR) is 85.6 cm³/mol. The number of benzene rings is 1. The van der Waals surface area contributed by atoms with Gasteiger partial charge in [-0.2, -0.15) is 0 Å². The number of hydrogen-bond donors (Lipinski definition) is 1. The van der Waals surface area contributed by atoms with Crippen molar-refractivity contribution in [2.24, 2.45) is 0 Å². The number of rotatable bonds is 5. The Morgan fingerprint density at radius 1 is 1.30 bits per heavy atom. The summed E-state index contributed by atoms with van der Waals surface area (Å²) >= 11 is 9.53. The standard InChI is InChI=1S/C15H16BrClN2O/c1-3-10-7-13(4-5-14(10)17)20-15-11(8-18-2)6-12(16)9-19-15/h4-7,9,18H,3,8H2,1-2H3. The molecule has 20 heavy (non-hydrogen) atoms. The summed E-state index contributed by atoms with van der Waals surface area (Å²) in [5, 5.41) is 3.87. The molecule has 2 rings (SSSR count). The summed E-state index contributed by atoms with van der Waals surface area (Å²) in [5.74, 6) is 1.35. The van der Waals surface area contributed by atoms with Crippen molar-refractivity contribution in [3.05, 3.63) is 51.1 Å². The Kier molecular flexibility index (Phi) is 5.40. The number of ether oxygens (including phenoxy) is 1. The second-order valence-electron chi connectivity index (χ2n) is 4.36. The molecule has 0 aliphatic carbocycles. The average Bonchev–Trinajstić information content (AvgIpc) is 2.44. The summed E-state index contributed by atoms with van der Waals surface area (Å²) in [6, 6.07) is 7.66. The van der Waals surface area contributed by atoms with Gasteiger partial charge in [0.05, 0.1) is 0 Å². The number of halogens is 2. The van der Waals surface area contributed by atoms with Crippen molar-refractivity contribution < 1.29 is 4.74 Å². The minimum absolute atomic E-state index is 0.604. The van der Waals surface area contributed by atoms with Crippen LogP contribution in [0.5, 0.6) is 11.6 Å². The zero-order valence-corrected chi connectivity index (χ0v) is 13.8. The second-order valence-corrected chi connectivity index (χ2v) is 5.68. The largest absolute Gasteiger partial charge is 0.439 e. The first-order valence-electron chi connectivity index (χ1n) is 6.39. The molecule has 0 radical (unpaired) electrons. The highest BCUT2D eigenvalue weighted by Crippen LogP contribution is 2.28. The minimum Gasteiger partial charge on any atom is -0.439 e. The topological polar surface area (TPSA) is 34.1 Å². The molecular formula is C15H16BrClN2O. The van der Waals surface area contributed by atoms with Crippen molar-refractivity contribution >= 4 is 27.5 Å². The summed E-state index contributed by atoms with van der Waals surface area (Å²) < 4.78 is 6.81. The van der Waals surface area contributed by atoms with Crippen LogP contribution < -0.4 is 10.1 Å². The van der Waals surface area contributed by atoms with E-state index in [1.807, 2.05) is 31.3 Å². The van der Waals surface area contributed by atoms with Crippen LogP contribution in [0.3, 0.4) is 0 Å². The van der Waals surface area contributed by atoms with Crippen LogP contribution >= 0.6 is 27.5 Å². The van der Waals surface area contributed by atoms with E-state index in [2.05, 4.69) is 33.2 Å². The van der Waals surface area contributed by atoms with Crippen LogP contribution in [0.1, 0.15) is 18.1 Å². The Balaban J connectivity index is 2.29. The maximum atomic E-state index is 6.11. The number of pyridine rings is 1. The molecule has 0 saturated carbocycles. The van der Waals surface area contributed by atoms with Crippen LogP contribution in [0.4, 0.5) is 0 Å². The van der Waals surface area contributed by atoms with Gasteiger partial charge >= 0.3 is 0 Å². The molecule has 1 heterocycles. The fraction of sp³-hybridized carbons (Fsp3) is 0.267. The Morgan fingerprint density at radius 2 is 2.10 bits per heavy atom. The smallest absolute Gasteiger partial charge is 0.223 e. The van der Waals surface area contributed by atoms with Gasteiger partial charge in [-0.05, 0) is 59.2 Å². The van der Waals surface area contributed by atoms with E-state index in [-0.39, 0.29) is 0 Å². The Morgan fingerprint density at radius 3 is 2.80 bits per heavy atom. The molecule has 0 amide bonds. The van der Waals surface area contributed by atoms with Gasteiger partial charge in [0.25, 0.3) is 0 Å². The zero-order valence-electron chi connectivity index (χ0n) is 11.4. The van der Waals surface area contributed by atoms with E-state index in [0.717, 1.165) is 32.8 Å². The molecule has 1 N–H and O–H groups in total. The summed E-state index contributed by atoms with van der Waals surface area (Å²) in [6.07, 6.45) is 2.60. The Labute approximate surface area is 132 Å². The predicted octanol–water partition coefficient (Wildman–Crippen LogP) is 4.57. The third kappa shape index (κ3) is 3.72. The van der Waals surface area contributed by atoms with Crippen molar-refractivity contribution in [2.45, 2.75) is 19.9 Å². The summed E-state index contributed by atoms with van der Waals surface area (Å²) in [5.41, 5.74) is 2.06. The van der Waals surface area contributed by atoms with Crippen molar-refractivity contribution in [2.75, 3.05) is 7.05 Å². The van der Waals surface area contributed by atoms with Crippen LogP contribution in [-0.4, -0.2) is 12.0 Å². The molecule has 0 spiro atoms. The number of aryl methyl sites for hydroxylation is 1. The van der Waals surface area contributed by atoms with Crippen LogP contribution in [0.2, 0.25) is 5.02 Å². The van der Waals surface area contributed by atoms with Crippen LogP contribution in [0.25, 0.3) is 0 Å². The van der Waals surface area contributed by atoms with Crippen LogP contribution in [0.15, 0.2) is 34.9 Å². The highest BCUT2D eigenvalue weighted by atomic mass is 79.9. The molecule has 1 aromatic carbocycles. The Hall–Kier alpha value is -1.10. The van der Waals surface area contributed by atoms with Gasteiger partial charge in [0.2, 0.25) is 5.88 Å². The monoisotopic (exact) mass is 354 g/mol. The molecule has 0 aliphatic rings. The quantitative estimate of drug-likeness (QED) is 0.853. The van der Waals surface area contributed by atoms with Gasteiger partial charge in [-0.15, -0.1) is 0 Å². The summed E-state index contributed by atoms with van der Waals surface area (Å²) in [7, 11) is 1.89. The lowest BCUT2D eigenvalue weighted by Crippen LogP contribution is -2.07. The zero-order chi connectivity index (χ0) is 14.5. The average molecular weight is 356 g/mol. The maximum absolute atomic E-state index is 6.11. The molecule has 0 fully saturated rings. The molecule has 0 atom stereocenters. The van der Waals surface area contributed by atoms with E-state index in [1.54, 1.807) is 6.20 Å². The van der Waals surface area contributed by atoms with E-state index in [4.69, 9.17) is 16.3 Å². The van der Waals surface area contributed by atoms with E-state index < -0.39 is 0 Å². The fourth-order valence-corrected chi connectivity index (χ4v) is 2.50. The molecule has 0 bridgehead atoms. The Bertz CT molecular complexity index is 604. The molecular weight excluding hydrogens is 340 g/mol. The number of hydrogen-bond acceptors (Lipinski definition) is 3. The van der Waals surface area contributed by atoms with Gasteiger partial charge in [0.1, 0.15) is 5.75 Å². The van der Waals surface area contributed by atoms with E-state index >= 15 is 0 Å². The number of aromatic nitrogens is 1. The van der Waals surface area contributed by atoms with Gasteiger partial charge < -0.3 is 10.1 Å². The van der Waals surface area contributed by atoms with Gasteiger partial charge in [-0.25, -0.2) is 4.98 Å². The summed E-state index contributed by atoms with van der Waals surface area (Å²) in [4.78, 5) is 4.33. The third-order valence-corrected chi connectivity index (χ3v) is 3.67. The highest BCUT2D eigenvalue weighted by Gasteiger charge is 2.08. The molecule has 106 valence electrons. The minimum atomic E-state index is 0.604. The van der Waals surface area contributed by atoms with Crippen LogP contribution in [0, 0.1) is 0 Å². The lowest BCUT2D eigenvalue weighted by Gasteiger charge is -2.11. The highest BCUT2D eigenvalue weighted by molar-refractivity contribution is 9.10. The van der Waals surface area contributed by atoms with Crippen molar-refractivity contribution in [1.29, 1.82) is 0 Å². The van der Waals surface area contributed by atoms with Crippen molar-refractivity contribution in [1.82, 2.24) is 10.3 Å². The second kappa shape index (κ2) is 7.07. The van der Waals surface area contributed by atoms with Gasteiger partial charge in [-0.3, -0.25) is 0 Å². The van der Waals surface area contributed by atoms with Gasteiger partial charge in [0.15, 0.2) is 0 Å². The maximum Gasteiger partial charge on any atom is 0.223 e. The molecule has 5 heteroatoms. The molecule has 0 aliphatic heterocycles. The lowest BCUT2D eigenvalue weighted by molar-refractivity contribution is 0.453. The van der Waals surface area contributed by atoms with E-state index in [1.165, 1.54) is 0 Å². The third-order valence-electron chi connectivity index (χ3n) is 2.87. The first-order chi connectivity index (χ1) is 9.63. The fourth-order valence-electron chi connectivity index (χ4n) is 1.87. The molecule has 1 aromatic heterocycles. The lowest BCUT2D eigenvalue weighted by atomic mass is 10.1. The first-order valence-corrected chi connectivity index (χ1v) is 7.56. The molecule has 3 nitrogen and oxygen atoms in total. The number of nitrogens with zero attached hydrogens (tertiary/aromatic N) is 1. The first kappa shape index (κ1) is 15.3. The molecule has 0 saturated heterocycles. The SMILES string of the molecule is CCc1cc(Oc2ncc(Br)cc2CNC)ccc1Cl. The van der Waals surface area contributed by atoms with Gasteiger partial charge in [-0.1, -0.05) is 18.5 Å². The van der Waals surface area contributed by atoms with Crippen LogP contribution in [-0.2, 0) is 13.0 Å². The van der Waals surface area contributed by atoms with Gasteiger partial charge in [0, 0.05) is 27.8 Å². The summed E-state index contributed by atoms with van der Waals surface area (Å²) in [6.45, 7) is 2.76. The normalized spacial score (nSPS) is 10.6. The molecule has 2 aromatic rings. The van der Waals surface area contributed by atoms with Crippen molar-refractivity contribution in [3.63, 3.8) is 0 Å². The number of nitrogens with one attached hydrogen (secondary N) is 1.